The van der Waals surface area contributed by atoms with Crippen LogP contribution in [0.2, 0.25) is 5.02 Å². The number of aryl methyl sites for hydroxylation is 1. The van der Waals surface area contributed by atoms with Crippen LogP contribution < -0.4 is 4.90 Å². The normalized spacial score (nSPS) is 24.4. The molecule has 1 saturated carbocycles. The summed E-state index contributed by atoms with van der Waals surface area (Å²) in [5.74, 6) is 0.610. The monoisotopic (exact) mass is 643 g/mol. The van der Waals surface area contributed by atoms with Crippen molar-refractivity contribution in [3.05, 3.63) is 41.2 Å². The van der Waals surface area contributed by atoms with Crippen LogP contribution in [-0.4, -0.2) is 107 Å². The van der Waals surface area contributed by atoms with Crippen LogP contribution in [0.3, 0.4) is 0 Å². The predicted molar refractivity (Wildman–Crippen MR) is 173 cm³/mol. The fourth-order valence-corrected chi connectivity index (χ4v) is 8.46. The molecule has 1 aromatic carbocycles. The van der Waals surface area contributed by atoms with E-state index in [2.05, 4.69) is 45.2 Å². The van der Waals surface area contributed by atoms with E-state index >= 15 is 8.78 Å². The highest BCUT2D eigenvalue weighted by molar-refractivity contribution is 6.36. The van der Waals surface area contributed by atoms with Crippen molar-refractivity contribution in [3.8, 4) is 11.1 Å². The number of H-pyrrole nitrogens is 1. The number of fused-ring (bicyclic) bond motifs is 1. The van der Waals surface area contributed by atoms with Gasteiger partial charge in [0.1, 0.15) is 11.8 Å². The number of piperazine rings is 1. The number of anilines is 1. The highest BCUT2D eigenvalue weighted by Gasteiger charge is 2.53. The topological polar surface area (TPSA) is 82.5 Å². The molecule has 9 nitrogen and oxygen atoms in total. The van der Waals surface area contributed by atoms with Crippen LogP contribution >= 0.6 is 11.6 Å². The molecule has 0 unspecified atom stereocenters. The molecule has 1 spiro atoms. The molecule has 3 aromatic rings. The van der Waals surface area contributed by atoms with Crippen LogP contribution in [0, 0.1) is 19.3 Å². The summed E-state index contributed by atoms with van der Waals surface area (Å²) < 4.78 is 38.1. The summed E-state index contributed by atoms with van der Waals surface area (Å²) in [6, 6.07) is 2.51. The number of benzene rings is 1. The van der Waals surface area contributed by atoms with Gasteiger partial charge in [-0.3, -0.25) is 19.5 Å². The number of alkyl halides is 2. The maximum absolute atomic E-state index is 15.2. The zero-order valence-electron chi connectivity index (χ0n) is 26.7. The quantitative estimate of drug-likeness (QED) is 0.274. The molecule has 2 aromatic heterocycles. The molecule has 3 saturated heterocycles. The zero-order chi connectivity index (χ0) is 32.1. The SMILES string of the molecule is C=CC=O.Cc1cc2[nH]ncc2c(-c2c(N3CCN(C4CCOCC4)C[C@]3(C)C(F)F)nn(C3CC4(C3)CN(C)C4)c2C)c1Cl. The average Bonchev–Trinajstić information content (AvgIpc) is 3.59. The van der Waals surface area contributed by atoms with E-state index in [1.165, 1.54) is 6.08 Å². The molecule has 0 radical (unpaired) electrons. The second-order valence-corrected chi connectivity index (χ2v) is 14.0. The Morgan fingerprint density at radius 3 is 2.44 bits per heavy atom. The van der Waals surface area contributed by atoms with E-state index in [1.807, 2.05) is 17.9 Å². The van der Waals surface area contributed by atoms with Gasteiger partial charge in [-0.1, -0.05) is 18.2 Å². The van der Waals surface area contributed by atoms with Crippen LogP contribution in [-0.2, 0) is 9.53 Å². The second kappa shape index (κ2) is 12.4. The summed E-state index contributed by atoms with van der Waals surface area (Å²) in [4.78, 5) is 15.6. The van der Waals surface area contributed by atoms with Crippen LogP contribution in [0.15, 0.2) is 24.9 Å². The molecule has 4 fully saturated rings. The van der Waals surface area contributed by atoms with E-state index in [0.29, 0.717) is 48.8 Å². The molecule has 45 heavy (non-hydrogen) atoms. The molecule has 5 heterocycles. The number of hydrogen-bond donors (Lipinski definition) is 1. The van der Waals surface area contributed by atoms with Gasteiger partial charge in [0.15, 0.2) is 5.82 Å². The van der Waals surface area contributed by atoms with E-state index in [1.54, 1.807) is 13.1 Å². The van der Waals surface area contributed by atoms with Crippen LogP contribution in [0.4, 0.5) is 14.6 Å². The highest BCUT2D eigenvalue weighted by Crippen LogP contribution is 2.55. The fourth-order valence-electron chi connectivity index (χ4n) is 8.21. The van der Waals surface area contributed by atoms with Crippen molar-refractivity contribution in [3.63, 3.8) is 0 Å². The first-order valence-corrected chi connectivity index (χ1v) is 16.2. The molecule has 12 heteroatoms. The number of nitrogens with one attached hydrogen (secondary N) is 1. The largest absolute Gasteiger partial charge is 0.381 e. The van der Waals surface area contributed by atoms with Gasteiger partial charge >= 0.3 is 0 Å². The molecular weight excluding hydrogens is 600 g/mol. The van der Waals surface area contributed by atoms with Gasteiger partial charge in [0.25, 0.3) is 6.43 Å². The molecular formula is C33H44ClF2N7O2. The minimum atomic E-state index is -2.55. The second-order valence-electron chi connectivity index (χ2n) is 13.7. The summed E-state index contributed by atoms with van der Waals surface area (Å²) in [5.41, 5.74) is 3.41. The first kappa shape index (κ1) is 32.1. The summed E-state index contributed by atoms with van der Waals surface area (Å²) >= 11 is 7.06. The molecule has 0 bridgehead atoms. The standard InChI is InChI=1S/C30H40ClF2N7O.C3H4O/c1-18-11-23-22(14-34-35-23)25(26(18)31)24-19(2)40(21-12-30(13-21)16-37(4)17-30)36-27(24)39-8-7-38(15-29(39,3)28(32)33)20-5-9-41-10-6-20;1-2-3-4/h11,14,20-21,28H,5-10,12-13,15-17H2,1-4H3,(H,34,35);2-3H,1H2/t29-;/m1./s1. The number of carbonyl (C=O) groups excluding carboxylic acids is 1. The van der Waals surface area contributed by atoms with E-state index in [0.717, 1.165) is 72.1 Å². The minimum Gasteiger partial charge on any atom is -0.381 e. The summed E-state index contributed by atoms with van der Waals surface area (Å²) in [6.07, 6.45) is 4.95. The van der Waals surface area contributed by atoms with E-state index < -0.39 is 12.0 Å². The number of likely N-dealkylation sites (tertiary alicyclic amines) is 1. The number of ether oxygens (including phenoxy) is 1. The summed E-state index contributed by atoms with van der Waals surface area (Å²) in [7, 11) is 2.16. The van der Waals surface area contributed by atoms with Gasteiger partial charge in [0.05, 0.1) is 22.8 Å². The maximum Gasteiger partial charge on any atom is 0.262 e. The third-order valence-electron chi connectivity index (χ3n) is 10.4. The Balaban J connectivity index is 0.000000845. The number of aldehydes is 1. The van der Waals surface area contributed by atoms with Crippen molar-refractivity contribution in [2.75, 3.05) is 57.9 Å². The summed E-state index contributed by atoms with van der Waals surface area (Å²) in [5, 5.41) is 14.1. The van der Waals surface area contributed by atoms with E-state index in [-0.39, 0.29) is 18.6 Å². The van der Waals surface area contributed by atoms with Gasteiger partial charge in [-0.05, 0) is 76.6 Å². The van der Waals surface area contributed by atoms with Crippen LogP contribution in [0.25, 0.3) is 22.0 Å². The minimum absolute atomic E-state index is 0.251. The number of hydrogen-bond acceptors (Lipinski definition) is 7. The van der Waals surface area contributed by atoms with Gasteiger partial charge in [0, 0.05) is 74.2 Å². The molecule has 7 rings (SSSR count). The Bertz CT molecular complexity index is 1550. The van der Waals surface area contributed by atoms with Crippen molar-refractivity contribution in [1.29, 1.82) is 0 Å². The molecule has 3 aliphatic heterocycles. The Kier molecular flexibility index (Phi) is 8.84. The van der Waals surface area contributed by atoms with Crippen molar-refractivity contribution >= 4 is 34.6 Å². The van der Waals surface area contributed by atoms with E-state index in [9.17, 15) is 0 Å². The highest BCUT2D eigenvalue weighted by atomic mass is 35.5. The first-order valence-electron chi connectivity index (χ1n) is 15.9. The maximum atomic E-state index is 15.2. The van der Waals surface area contributed by atoms with Crippen molar-refractivity contribution in [2.24, 2.45) is 5.41 Å². The lowest BCUT2D eigenvalue weighted by Gasteiger charge is -2.58. The zero-order valence-corrected chi connectivity index (χ0v) is 27.4. The summed E-state index contributed by atoms with van der Waals surface area (Å²) in [6.45, 7) is 13.9. The van der Waals surface area contributed by atoms with Crippen LogP contribution in [0.5, 0.6) is 0 Å². The lowest BCUT2D eigenvalue weighted by Crippen LogP contribution is -2.66. The predicted octanol–water partition coefficient (Wildman–Crippen LogP) is 5.66. The fraction of sp³-hybridized carbons (Fsp3) is 0.606. The van der Waals surface area contributed by atoms with Crippen molar-refractivity contribution in [1.82, 2.24) is 29.8 Å². The van der Waals surface area contributed by atoms with Crippen molar-refractivity contribution in [2.45, 2.75) is 70.5 Å². The molecule has 1 N–H and O–H groups in total. The van der Waals surface area contributed by atoms with E-state index in [4.69, 9.17) is 26.2 Å². The number of carbonyl (C=O) groups is 1. The number of nitrogens with zero attached hydrogens (tertiary/aromatic N) is 6. The van der Waals surface area contributed by atoms with Gasteiger partial charge in [-0.15, -0.1) is 0 Å². The smallest absolute Gasteiger partial charge is 0.262 e. The molecule has 1 aliphatic carbocycles. The number of halogens is 3. The van der Waals surface area contributed by atoms with Crippen molar-refractivity contribution < 1.29 is 18.3 Å². The number of aromatic amines is 1. The number of aromatic nitrogens is 4. The Morgan fingerprint density at radius 1 is 1.13 bits per heavy atom. The average molecular weight is 644 g/mol. The van der Waals surface area contributed by atoms with Crippen LogP contribution in [0.1, 0.15) is 49.9 Å². The molecule has 0 amide bonds. The number of rotatable bonds is 6. The first-order chi connectivity index (χ1) is 21.5. The Labute approximate surface area is 268 Å². The van der Waals surface area contributed by atoms with Gasteiger partial charge in [-0.25, -0.2) is 8.78 Å². The molecule has 4 aliphatic rings. The molecule has 1 atom stereocenters. The molecule has 244 valence electrons. The lowest BCUT2D eigenvalue weighted by molar-refractivity contribution is -0.104. The Morgan fingerprint density at radius 2 is 1.82 bits per heavy atom. The van der Waals surface area contributed by atoms with Gasteiger partial charge in [0.2, 0.25) is 0 Å². The number of allylic oxidation sites excluding steroid dienone is 1. The lowest BCUT2D eigenvalue weighted by atomic mass is 9.61. The van der Waals surface area contributed by atoms with Gasteiger partial charge < -0.3 is 14.5 Å². The Hall–Kier alpha value is -2.86. The third-order valence-corrected chi connectivity index (χ3v) is 10.9. The third kappa shape index (κ3) is 5.59. The van der Waals surface area contributed by atoms with Gasteiger partial charge in [-0.2, -0.15) is 10.2 Å².